The predicted molar refractivity (Wildman–Crippen MR) is 110 cm³/mol. The zero-order valence-corrected chi connectivity index (χ0v) is 15.6. The molecule has 0 fully saturated rings. The molecule has 6 nitrogen and oxygen atoms in total. The van der Waals surface area contributed by atoms with E-state index in [1.807, 2.05) is 24.4 Å². The highest BCUT2D eigenvalue weighted by molar-refractivity contribution is 7.98. The minimum Gasteiger partial charge on any atom is -0.340 e. The molecule has 5 rings (SSSR count). The van der Waals surface area contributed by atoms with E-state index in [2.05, 4.69) is 55.9 Å². The first-order valence-corrected chi connectivity index (χ1v) is 9.95. The third kappa shape index (κ3) is 3.10. The molecule has 134 valence electrons. The Morgan fingerprint density at radius 3 is 2.93 bits per heavy atom. The SMILES string of the molecule is CSc1ccc2c(c1)CN(c1nccc(Nc3ccc4[nH]ncc4c3)n1)C2. The molecule has 1 aliphatic heterocycles. The fourth-order valence-electron chi connectivity index (χ4n) is 3.38. The van der Waals surface area contributed by atoms with Crippen LogP contribution in [0.15, 0.2) is 59.8 Å². The Hall–Kier alpha value is -3.06. The Balaban J connectivity index is 1.37. The van der Waals surface area contributed by atoms with Crippen molar-refractivity contribution in [1.29, 1.82) is 0 Å². The number of aromatic amines is 1. The second kappa shape index (κ2) is 6.59. The lowest BCUT2D eigenvalue weighted by atomic mass is 10.1. The van der Waals surface area contributed by atoms with Gasteiger partial charge in [-0.25, -0.2) is 4.98 Å². The number of H-pyrrole nitrogens is 1. The van der Waals surface area contributed by atoms with Crippen LogP contribution in [0.4, 0.5) is 17.5 Å². The molecule has 0 bridgehead atoms. The first-order chi connectivity index (χ1) is 13.3. The molecule has 3 heterocycles. The first kappa shape index (κ1) is 16.1. The second-order valence-electron chi connectivity index (χ2n) is 6.53. The van der Waals surface area contributed by atoms with E-state index in [1.165, 1.54) is 16.0 Å². The normalized spacial score (nSPS) is 13.1. The first-order valence-electron chi connectivity index (χ1n) is 8.72. The fourth-order valence-corrected chi connectivity index (χ4v) is 3.84. The van der Waals surface area contributed by atoms with Gasteiger partial charge in [-0.1, -0.05) is 6.07 Å². The number of anilines is 3. The minimum atomic E-state index is 0.742. The van der Waals surface area contributed by atoms with Crippen molar-refractivity contribution in [2.24, 2.45) is 0 Å². The maximum Gasteiger partial charge on any atom is 0.227 e. The van der Waals surface area contributed by atoms with Crippen LogP contribution in [-0.2, 0) is 13.1 Å². The maximum absolute atomic E-state index is 4.72. The van der Waals surface area contributed by atoms with Crippen molar-refractivity contribution in [3.8, 4) is 0 Å². The number of nitrogens with one attached hydrogen (secondary N) is 2. The molecular weight excluding hydrogens is 356 g/mol. The average molecular weight is 374 g/mol. The van der Waals surface area contributed by atoms with Crippen molar-refractivity contribution in [3.05, 3.63) is 66.0 Å². The van der Waals surface area contributed by atoms with Gasteiger partial charge in [0.15, 0.2) is 0 Å². The van der Waals surface area contributed by atoms with Crippen LogP contribution < -0.4 is 10.2 Å². The number of hydrogen-bond acceptors (Lipinski definition) is 6. The Kier molecular flexibility index (Phi) is 3.94. The predicted octanol–water partition coefficient (Wildman–Crippen LogP) is 4.34. The van der Waals surface area contributed by atoms with Crippen LogP contribution in [0.3, 0.4) is 0 Å². The highest BCUT2D eigenvalue weighted by Gasteiger charge is 2.21. The number of thioether (sulfide) groups is 1. The number of hydrogen-bond donors (Lipinski definition) is 2. The highest BCUT2D eigenvalue weighted by atomic mass is 32.2. The van der Waals surface area contributed by atoms with Gasteiger partial charge in [-0.3, -0.25) is 5.10 Å². The van der Waals surface area contributed by atoms with Crippen LogP contribution in [0.5, 0.6) is 0 Å². The standard InChI is InChI=1S/C20H18N6S/c1-27-17-4-2-13-11-26(12-15(13)9-17)20-21-7-6-19(24-20)23-16-3-5-18-14(8-16)10-22-25-18/h2-10H,11-12H2,1H3,(H,22,25)(H,21,23,24). The molecule has 2 aromatic heterocycles. The van der Waals surface area contributed by atoms with E-state index < -0.39 is 0 Å². The molecule has 4 aromatic rings. The van der Waals surface area contributed by atoms with Crippen LogP contribution >= 0.6 is 11.8 Å². The summed E-state index contributed by atoms with van der Waals surface area (Å²) in [6, 6.07) is 14.6. The van der Waals surface area contributed by atoms with Gasteiger partial charge < -0.3 is 10.2 Å². The van der Waals surface area contributed by atoms with Crippen LogP contribution in [0.1, 0.15) is 11.1 Å². The van der Waals surface area contributed by atoms with Gasteiger partial charge in [0.2, 0.25) is 5.95 Å². The number of aromatic nitrogens is 4. The van der Waals surface area contributed by atoms with Gasteiger partial charge >= 0.3 is 0 Å². The minimum absolute atomic E-state index is 0.742. The van der Waals surface area contributed by atoms with Crippen LogP contribution in [-0.4, -0.2) is 26.4 Å². The van der Waals surface area contributed by atoms with Gasteiger partial charge in [0.1, 0.15) is 5.82 Å². The lowest BCUT2D eigenvalue weighted by molar-refractivity contribution is 0.829. The number of fused-ring (bicyclic) bond motifs is 2. The Bertz CT molecular complexity index is 1120. The molecular formula is C20H18N6S. The van der Waals surface area contributed by atoms with E-state index in [9.17, 15) is 0 Å². The number of rotatable bonds is 4. The molecule has 0 unspecified atom stereocenters. The van der Waals surface area contributed by atoms with Crippen molar-refractivity contribution in [2.75, 3.05) is 16.5 Å². The quantitative estimate of drug-likeness (QED) is 0.518. The van der Waals surface area contributed by atoms with E-state index in [-0.39, 0.29) is 0 Å². The summed E-state index contributed by atoms with van der Waals surface area (Å²) in [5, 5.41) is 11.5. The van der Waals surface area contributed by atoms with Crippen molar-refractivity contribution in [2.45, 2.75) is 18.0 Å². The monoisotopic (exact) mass is 374 g/mol. The van der Waals surface area contributed by atoms with E-state index in [1.54, 1.807) is 18.0 Å². The van der Waals surface area contributed by atoms with E-state index in [0.29, 0.717) is 0 Å². The summed E-state index contributed by atoms with van der Waals surface area (Å²) in [4.78, 5) is 12.7. The molecule has 2 aromatic carbocycles. The zero-order valence-electron chi connectivity index (χ0n) is 14.8. The van der Waals surface area contributed by atoms with E-state index in [4.69, 9.17) is 4.98 Å². The van der Waals surface area contributed by atoms with E-state index in [0.717, 1.165) is 41.4 Å². The average Bonchev–Trinajstić information content (AvgIpc) is 3.33. The Morgan fingerprint density at radius 1 is 1.07 bits per heavy atom. The molecule has 0 saturated carbocycles. The Labute approximate surface area is 161 Å². The largest absolute Gasteiger partial charge is 0.340 e. The summed E-state index contributed by atoms with van der Waals surface area (Å²) >= 11 is 1.77. The molecule has 2 N–H and O–H groups in total. The lowest BCUT2D eigenvalue weighted by Gasteiger charge is -2.16. The van der Waals surface area contributed by atoms with Crippen molar-refractivity contribution in [3.63, 3.8) is 0 Å². The Morgan fingerprint density at radius 2 is 2.00 bits per heavy atom. The summed E-state index contributed by atoms with van der Waals surface area (Å²) < 4.78 is 0. The second-order valence-corrected chi connectivity index (χ2v) is 7.41. The number of nitrogens with zero attached hydrogens (tertiary/aromatic N) is 4. The smallest absolute Gasteiger partial charge is 0.227 e. The third-order valence-corrected chi connectivity index (χ3v) is 5.50. The maximum atomic E-state index is 4.72. The van der Waals surface area contributed by atoms with Crippen LogP contribution in [0.25, 0.3) is 10.9 Å². The molecule has 7 heteroatoms. The fraction of sp³-hybridized carbons (Fsp3) is 0.150. The topological polar surface area (TPSA) is 69.7 Å². The molecule has 0 radical (unpaired) electrons. The summed E-state index contributed by atoms with van der Waals surface area (Å²) in [5.41, 5.74) is 4.70. The van der Waals surface area contributed by atoms with Crippen LogP contribution in [0, 0.1) is 0 Å². The van der Waals surface area contributed by atoms with Crippen molar-refractivity contribution >= 4 is 40.1 Å². The molecule has 0 amide bonds. The lowest BCUT2D eigenvalue weighted by Crippen LogP contribution is -2.17. The van der Waals surface area contributed by atoms with Gasteiger partial charge in [0.25, 0.3) is 0 Å². The van der Waals surface area contributed by atoms with Gasteiger partial charge in [-0.05, 0) is 53.8 Å². The van der Waals surface area contributed by atoms with Gasteiger partial charge in [-0.15, -0.1) is 11.8 Å². The summed E-state index contributed by atoms with van der Waals surface area (Å²) in [5.74, 6) is 1.52. The molecule has 0 saturated heterocycles. The third-order valence-electron chi connectivity index (χ3n) is 4.77. The molecule has 27 heavy (non-hydrogen) atoms. The summed E-state index contributed by atoms with van der Waals surface area (Å²) in [6.07, 6.45) is 5.72. The summed E-state index contributed by atoms with van der Waals surface area (Å²) in [6.45, 7) is 1.68. The zero-order chi connectivity index (χ0) is 18.2. The van der Waals surface area contributed by atoms with Crippen molar-refractivity contribution < 1.29 is 0 Å². The van der Waals surface area contributed by atoms with Gasteiger partial charge in [0, 0.05) is 35.3 Å². The molecule has 0 aliphatic carbocycles. The van der Waals surface area contributed by atoms with Gasteiger partial charge in [0.05, 0.1) is 11.7 Å². The number of benzene rings is 2. The van der Waals surface area contributed by atoms with Gasteiger partial charge in [-0.2, -0.15) is 10.1 Å². The molecule has 0 atom stereocenters. The molecule has 0 spiro atoms. The van der Waals surface area contributed by atoms with E-state index >= 15 is 0 Å². The summed E-state index contributed by atoms with van der Waals surface area (Å²) in [7, 11) is 0. The van der Waals surface area contributed by atoms with Crippen LogP contribution in [0.2, 0.25) is 0 Å². The van der Waals surface area contributed by atoms with Crippen molar-refractivity contribution in [1.82, 2.24) is 20.2 Å². The molecule has 1 aliphatic rings. The highest BCUT2D eigenvalue weighted by Crippen LogP contribution is 2.30.